The summed E-state index contributed by atoms with van der Waals surface area (Å²) in [5.74, 6) is -0.0405. The zero-order valence-electron chi connectivity index (χ0n) is 15.6. The number of para-hydroxylation sites is 1. The van der Waals surface area contributed by atoms with Crippen molar-refractivity contribution in [1.82, 2.24) is 9.97 Å². The first-order valence-electron chi connectivity index (χ1n) is 8.92. The molecule has 2 aromatic carbocycles. The van der Waals surface area contributed by atoms with Crippen molar-refractivity contribution in [1.29, 1.82) is 0 Å². The lowest BCUT2D eigenvalue weighted by atomic mass is 10.2. The Morgan fingerprint density at radius 2 is 1.68 bits per heavy atom. The molecule has 0 radical (unpaired) electrons. The molecule has 28 heavy (non-hydrogen) atoms. The summed E-state index contributed by atoms with van der Waals surface area (Å²) in [6, 6.07) is 17.9. The molecular weight excluding hydrogens is 386 g/mol. The van der Waals surface area contributed by atoms with Gasteiger partial charge in [0.05, 0.1) is 23.5 Å². The Hall–Kier alpha value is -2.83. The van der Waals surface area contributed by atoms with Gasteiger partial charge in [-0.3, -0.25) is 9.69 Å². The van der Waals surface area contributed by atoms with Crippen molar-refractivity contribution < 1.29 is 4.79 Å². The molecular formula is C22H19N3OS2. The fraction of sp³-hybridized carbons (Fsp3) is 0.136. The summed E-state index contributed by atoms with van der Waals surface area (Å²) in [5, 5.41) is 5.53. The Kier molecular flexibility index (Phi) is 5.32. The first-order chi connectivity index (χ1) is 13.6. The van der Waals surface area contributed by atoms with Gasteiger partial charge in [0, 0.05) is 16.3 Å². The molecule has 4 rings (SSSR count). The molecule has 0 N–H and O–H groups in total. The van der Waals surface area contributed by atoms with Crippen molar-refractivity contribution in [3.63, 3.8) is 0 Å². The highest BCUT2D eigenvalue weighted by atomic mass is 32.1. The Morgan fingerprint density at radius 3 is 2.36 bits per heavy atom. The van der Waals surface area contributed by atoms with Gasteiger partial charge in [0.2, 0.25) is 5.91 Å². The third-order valence-electron chi connectivity index (χ3n) is 4.24. The molecule has 0 aliphatic heterocycles. The molecule has 0 saturated heterocycles. The molecule has 140 valence electrons. The van der Waals surface area contributed by atoms with E-state index in [4.69, 9.17) is 0 Å². The number of anilines is 2. The third-order valence-corrected chi connectivity index (χ3v) is 6.13. The quantitative estimate of drug-likeness (QED) is 0.422. The van der Waals surface area contributed by atoms with Crippen LogP contribution in [0, 0.1) is 13.8 Å². The zero-order chi connectivity index (χ0) is 19.5. The summed E-state index contributed by atoms with van der Waals surface area (Å²) in [4.78, 5) is 24.0. The van der Waals surface area contributed by atoms with Crippen LogP contribution in [0.2, 0.25) is 0 Å². The van der Waals surface area contributed by atoms with Crippen LogP contribution in [0.5, 0.6) is 0 Å². The minimum Gasteiger partial charge on any atom is -0.274 e. The van der Waals surface area contributed by atoms with E-state index in [1.54, 1.807) is 16.2 Å². The van der Waals surface area contributed by atoms with Crippen molar-refractivity contribution >= 4 is 39.4 Å². The molecule has 0 atom stereocenters. The number of nitrogens with zero attached hydrogens (tertiary/aromatic N) is 3. The smallest absolute Gasteiger partial charge is 0.239 e. The molecule has 4 nitrogen and oxygen atoms in total. The van der Waals surface area contributed by atoms with Crippen LogP contribution in [0.15, 0.2) is 65.4 Å². The van der Waals surface area contributed by atoms with Crippen molar-refractivity contribution in [3.8, 4) is 10.6 Å². The minimum atomic E-state index is -0.0405. The normalized spacial score (nSPS) is 10.8. The summed E-state index contributed by atoms with van der Waals surface area (Å²) in [7, 11) is 0. The van der Waals surface area contributed by atoms with Crippen LogP contribution in [0.4, 0.5) is 10.8 Å². The van der Waals surface area contributed by atoms with Crippen LogP contribution in [0.25, 0.3) is 10.6 Å². The number of thiazole rings is 2. The van der Waals surface area contributed by atoms with Crippen molar-refractivity contribution in [2.75, 3.05) is 4.90 Å². The Bertz CT molecular complexity index is 1080. The summed E-state index contributed by atoms with van der Waals surface area (Å²) in [6.45, 7) is 4.00. The number of rotatable bonds is 5. The SMILES string of the molecule is Cc1ccc(-c2nc(CC(=O)N(c3ccccc3)c3nc(C)cs3)cs2)cc1. The highest BCUT2D eigenvalue weighted by molar-refractivity contribution is 7.14. The van der Waals surface area contributed by atoms with Gasteiger partial charge in [-0.1, -0.05) is 48.0 Å². The van der Waals surface area contributed by atoms with Gasteiger partial charge in [0.25, 0.3) is 0 Å². The predicted octanol–water partition coefficient (Wildman–Crippen LogP) is 5.79. The fourth-order valence-electron chi connectivity index (χ4n) is 2.83. The standard InChI is InChI=1S/C22H19N3OS2/c1-15-8-10-17(11-9-15)21-24-18(14-27-21)12-20(26)25(19-6-4-3-5-7-19)22-23-16(2)13-28-22/h3-11,13-14H,12H2,1-2H3. The maximum atomic E-state index is 13.2. The Morgan fingerprint density at radius 1 is 0.929 bits per heavy atom. The topological polar surface area (TPSA) is 46.1 Å². The largest absolute Gasteiger partial charge is 0.274 e. The number of hydrogen-bond acceptors (Lipinski definition) is 5. The second kappa shape index (κ2) is 8.04. The number of aromatic nitrogens is 2. The Labute approximate surface area is 172 Å². The average molecular weight is 406 g/mol. The number of carbonyl (C=O) groups is 1. The van der Waals surface area contributed by atoms with Gasteiger partial charge in [-0.15, -0.1) is 22.7 Å². The van der Waals surface area contributed by atoms with Crippen LogP contribution >= 0.6 is 22.7 Å². The molecule has 4 aromatic rings. The summed E-state index contributed by atoms with van der Waals surface area (Å²) in [5.41, 5.74) is 4.79. The molecule has 0 fully saturated rings. The van der Waals surface area contributed by atoms with Crippen molar-refractivity contribution in [3.05, 3.63) is 82.3 Å². The molecule has 0 aliphatic rings. The van der Waals surface area contributed by atoms with Crippen LogP contribution in [-0.4, -0.2) is 15.9 Å². The average Bonchev–Trinajstić information content (AvgIpc) is 3.33. The first kappa shape index (κ1) is 18.5. The van der Waals surface area contributed by atoms with Gasteiger partial charge >= 0.3 is 0 Å². The molecule has 2 heterocycles. The van der Waals surface area contributed by atoms with E-state index in [1.807, 2.05) is 48.0 Å². The van der Waals surface area contributed by atoms with E-state index in [-0.39, 0.29) is 12.3 Å². The lowest BCUT2D eigenvalue weighted by molar-refractivity contribution is -0.117. The zero-order valence-corrected chi connectivity index (χ0v) is 17.3. The van der Waals surface area contributed by atoms with Crippen LogP contribution < -0.4 is 4.90 Å². The summed E-state index contributed by atoms with van der Waals surface area (Å²) >= 11 is 3.03. The number of benzene rings is 2. The third kappa shape index (κ3) is 4.03. The van der Waals surface area contributed by atoms with Crippen molar-refractivity contribution in [2.24, 2.45) is 0 Å². The number of hydrogen-bond donors (Lipinski definition) is 0. The maximum absolute atomic E-state index is 13.2. The highest BCUT2D eigenvalue weighted by Gasteiger charge is 2.22. The highest BCUT2D eigenvalue weighted by Crippen LogP contribution is 2.30. The van der Waals surface area contributed by atoms with Gasteiger partial charge in [-0.05, 0) is 26.0 Å². The maximum Gasteiger partial charge on any atom is 0.239 e. The van der Waals surface area contributed by atoms with E-state index >= 15 is 0 Å². The van der Waals surface area contributed by atoms with Crippen LogP contribution in [-0.2, 0) is 11.2 Å². The molecule has 6 heteroatoms. The van der Waals surface area contributed by atoms with E-state index in [2.05, 4.69) is 41.2 Å². The number of aryl methyl sites for hydroxylation is 2. The lowest BCUT2D eigenvalue weighted by Gasteiger charge is -2.19. The second-order valence-corrected chi connectivity index (χ2v) is 8.22. The van der Waals surface area contributed by atoms with Gasteiger partial charge in [-0.25, -0.2) is 9.97 Å². The minimum absolute atomic E-state index is 0.0405. The monoisotopic (exact) mass is 405 g/mol. The van der Waals surface area contributed by atoms with Crippen LogP contribution in [0.1, 0.15) is 17.0 Å². The molecule has 0 bridgehead atoms. The van der Waals surface area contributed by atoms with E-state index in [1.165, 1.54) is 16.9 Å². The molecule has 0 spiro atoms. The predicted molar refractivity (Wildman–Crippen MR) is 116 cm³/mol. The van der Waals surface area contributed by atoms with Gasteiger partial charge in [0.15, 0.2) is 5.13 Å². The van der Waals surface area contributed by atoms with E-state index < -0.39 is 0 Å². The van der Waals surface area contributed by atoms with Gasteiger partial charge < -0.3 is 0 Å². The summed E-state index contributed by atoms with van der Waals surface area (Å²) in [6.07, 6.45) is 0.232. The molecule has 0 unspecified atom stereocenters. The van der Waals surface area contributed by atoms with Crippen LogP contribution in [0.3, 0.4) is 0 Å². The molecule has 0 saturated carbocycles. The van der Waals surface area contributed by atoms with E-state index in [0.29, 0.717) is 5.13 Å². The van der Waals surface area contributed by atoms with Gasteiger partial charge in [-0.2, -0.15) is 0 Å². The van der Waals surface area contributed by atoms with Crippen molar-refractivity contribution in [2.45, 2.75) is 20.3 Å². The lowest BCUT2D eigenvalue weighted by Crippen LogP contribution is -2.27. The summed E-state index contributed by atoms with van der Waals surface area (Å²) < 4.78 is 0. The fourth-order valence-corrected chi connectivity index (χ4v) is 4.50. The van der Waals surface area contributed by atoms with E-state index in [0.717, 1.165) is 27.6 Å². The second-order valence-electron chi connectivity index (χ2n) is 6.52. The number of amides is 1. The van der Waals surface area contributed by atoms with E-state index in [9.17, 15) is 4.79 Å². The number of carbonyl (C=O) groups excluding carboxylic acids is 1. The first-order valence-corrected chi connectivity index (χ1v) is 10.7. The molecule has 1 amide bonds. The molecule has 0 aliphatic carbocycles. The Balaban J connectivity index is 1.59. The molecule has 2 aromatic heterocycles. The van der Waals surface area contributed by atoms with Gasteiger partial charge in [0.1, 0.15) is 5.01 Å².